The fourth-order valence-electron chi connectivity index (χ4n) is 3.52. The van der Waals surface area contributed by atoms with Gasteiger partial charge in [0.1, 0.15) is 16.8 Å². The molecule has 5 rings (SSSR count). The molecule has 0 aliphatic rings. The number of halogens is 1. The molecule has 0 saturated carbocycles. The zero-order valence-corrected chi connectivity index (χ0v) is 18.9. The summed E-state index contributed by atoms with van der Waals surface area (Å²) in [5, 5.41) is 12.6. The van der Waals surface area contributed by atoms with Crippen LogP contribution in [0.4, 0.5) is 5.69 Å². The molecule has 0 aliphatic carbocycles. The van der Waals surface area contributed by atoms with Gasteiger partial charge in [0.2, 0.25) is 0 Å². The maximum Gasteiger partial charge on any atom is 0.291 e. The van der Waals surface area contributed by atoms with Crippen LogP contribution in [-0.2, 0) is 0 Å². The van der Waals surface area contributed by atoms with Crippen LogP contribution in [0.1, 0.15) is 35.9 Å². The highest BCUT2D eigenvalue weighted by molar-refractivity contribution is 6.30. The molecule has 1 N–H and O–H groups in total. The van der Waals surface area contributed by atoms with E-state index in [-0.39, 0.29) is 11.7 Å². The van der Waals surface area contributed by atoms with Crippen molar-refractivity contribution < 1.29 is 9.21 Å². The van der Waals surface area contributed by atoms with Crippen LogP contribution in [0.2, 0.25) is 5.02 Å². The summed E-state index contributed by atoms with van der Waals surface area (Å²) in [7, 11) is 0. The summed E-state index contributed by atoms with van der Waals surface area (Å²) in [6.45, 7) is 4.32. The van der Waals surface area contributed by atoms with E-state index in [9.17, 15) is 4.79 Å². The molecule has 164 valence electrons. The number of furan rings is 1. The van der Waals surface area contributed by atoms with Crippen molar-refractivity contribution in [3.63, 3.8) is 0 Å². The van der Waals surface area contributed by atoms with E-state index in [0.717, 1.165) is 16.8 Å². The minimum absolute atomic E-state index is 0.217. The lowest BCUT2D eigenvalue weighted by Gasteiger charge is -2.05. The van der Waals surface area contributed by atoms with Crippen LogP contribution >= 0.6 is 11.6 Å². The van der Waals surface area contributed by atoms with Gasteiger partial charge in [-0.1, -0.05) is 37.6 Å². The molecule has 0 fully saturated rings. The molecule has 0 radical (unpaired) electrons. The first-order chi connectivity index (χ1) is 16.0. The molecule has 0 spiro atoms. The Kier molecular flexibility index (Phi) is 5.44. The van der Waals surface area contributed by atoms with Crippen LogP contribution in [0.15, 0.2) is 83.3 Å². The Balaban J connectivity index is 1.34. The molecule has 3 aromatic carbocycles. The zero-order valence-electron chi connectivity index (χ0n) is 18.1. The lowest BCUT2D eigenvalue weighted by atomic mass is 10.0. The first kappa shape index (κ1) is 21.0. The number of aromatic nitrogens is 3. The van der Waals surface area contributed by atoms with Crippen molar-refractivity contribution in [3.05, 3.63) is 95.2 Å². The van der Waals surface area contributed by atoms with E-state index >= 15 is 0 Å². The minimum atomic E-state index is -0.341. The molecule has 2 aromatic heterocycles. The van der Waals surface area contributed by atoms with Crippen molar-refractivity contribution in [2.45, 2.75) is 19.8 Å². The van der Waals surface area contributed by atoms with Crippen molar-refractivity contribution in [2.75, 3.05) is 5.32 Å². The lowest BCUT2D eigenvalue weighted by Crippen LogP contribution is -2.10. The number of hydrogen-bond acceptors (Lipinski definition) is 4. The highest BCUT2D eigenvalue weighted by Gasteiger charge is 2.14. The fourth-order valence-corrected chi connectivity index (χ4v) is 3.65. The molecular formula is C26H21ClN4O2. The number of nitrogens with one attached hydrogen (secondary N) is 1. The molecule has 2 heterocycles. The van der Waals surface area contributed by atoms with Gasteiger partial charge in [0.15, 0.2) is 5.76 Å². The number of anilines is 1. The molecule has 5 aromatic rings. The van der Waals surface area contributed by atoms with Gasteiger partial charge in [-0.05, 0) is 78.2 Å². The van der Waals surface area contributed by atoms with Crippen LogP contribution in [-0.4, -0.2) is 20.9 Å². The van der Waals surface area contributed by atoms with Gasteiger partial charge in [-0.15, -0.1) is 10.2 Å². The molecule has 33 heavy (non-hydrogen) atoms. The van der Waals surface area contributed by atoms with Gasteiger partial charge >= 0.3 is 0 Å². The van der Waals surface area contributed by atoms with E-state index in [1.165, 1.54) is 5.56 Å². The minimum Gasteiger partial charge on any atom is -0.451 e. The van der Waals surface area contributed by atoms with E-state index < -0.39 is 0 Å². The second kappa shape index (κ2) is 8.56. The molecule has 1 amide bonds. The van der Waals surface area contributed by atoms with Crippen LogP contribution in [0.3, 0.4) is 0 Å². The van der Waals surface area contributed by atoms with Gasteiger partial charge in [-0.25, -0.2) is 0 Å². The quantitative estimate of drug-likeness (QED) is 0.319. The third kappa shape index (κ3) is 4.38. The summed E-state index contributed by atoms with van der Waals surface area (Å²) in [6.07, 6.45) is 0. The van der Waals surface area contributed by atoms with Gasteiger partial charge in [-0.3, -0.25) is 4.79 Å². The maximum absolute atomic E-state index is 12.7. The summed E-state index contributed by atoms with van der Waals surface area (Å²) in [4.78, 5) is 14.3. The predicted molar refractivity (Wildman–Crippen MR) is 130 cm³/mol. The maximum atomic E-state index is 12.7. The highest BCUT2D eigenvalue weighted by atomic mass is 35.5. The Hall–Kier alpha value is -3.90. The van der Waals surface area contributed by atoms with Gasteiger partial charge in [-0.2, -0.15) is 4.80 Å². The monoisotopic (exact) mass is 456 g/mol. The Morgan fingerprint density at radius 2 is 1.64 bits per heavy atom. The molecule has 7 heteroatoms. The van der Waals surface area contributed by atoms with Crippen molar-refractivity contribution in [1.29, 1.82) is 0 Å². The first-order valence-electron chi connectivity index (χ1n) is 10.6. The van der Waals surface area contributed by atoms with Gasteiger partial charge in [0.25, 0.3) is 5.91 Å². The Morgan fingerprint density at radius 3 is 2.36 bits per heavy atom. The summed E-state index contributed by atoms with van der Waals surface area (Å²) in [5.74, 6) is 0.935. The summed E-state index contributed by atoms with van der Waals surface area (Å²) < 4.78 is 5.73. The van der Waals surface area contributed by atoms with Gasteiger partial charge in [0.05, 0.1) is 5.69 Å². The zero-order chi connectivity index (χ0) is 22.9. The smallest absolute Gasteiger partial charge is 0.291 e. The average molecular weight is 457 g/mol. The number of hydrogen-bond donors (Lipinski definition) is 1. The molecule has 0 bridgehead atoms. The second-order valence-electron chi connectivity index (χ2n) is 8.06. The summed E-state index contributed by atoms with van der Waals surface area (Å²) >= 11 is 5.93. The number of benzene rings is 3. The van der Waals surface area contributed by atoms with Crippen molar-refractivity contribution in [1.82, 2.24) is 15.0 Å². The predicted octanol–water partition coefficient (Wildman–Crippen LogP) is 6.71. The number of rotatable bonds is 5. The van der Waals surface area contributed by atoms with Crippen molar-refractivity contribution in [3.8, 4) is 17.0 Å². The molecule has 0 unspecified atom stereocenters. The van der Waals surface area contributed by atoms with Crippen LogP contribution in [0.25, 0.3) is 28.0 Å². The van der Waals surface area contributed by atoms with Gasteiger partial charge < -0.3 is 9.73 Å². The number of nitrogens with zero attached hydrogens (tertiary/aromatic N) is 3. The van der Waals surface area contributed by atoms with Crippen molar-refractivity contribution >= 4 is 34.2 Å². The Bertz CT molecular complexity index is 1430. The third-order valence-corrected chi connectivity index (χ3v) is 5.64. The van der Waals surface area contributed by atoms with Crippen LogP contribution in [0, 0.1) is 0 Å². The molecule has 6 nitrogen and oxygen atoms in total. The van der Waals surface area contributed by atoms with Crippen LogP contribution < -0.4 is 5.32 Å². The van der Waals surface area contributed by atoms with Crippen LogP contribution in [0.5, 0.6) is 0 Å². The van der Waals surface area contributed by atoms with E-state index in [2.05, 4.69) is 41.5 Å². The topological polar surface area (TPSA) is 73.0 Å². The standard InChI is InChI=1S/C26H21ClN4O2/c1-16(2)17-5-10-21(11-6-17)31-29-22-12-9-20(15-23(22)30-31)28-26(32)25-14-13-24(33-25)18-3-7-19(27)8-4-18/h3-16H,1-2H3,(H,28,32). The normalized spacial score (nSPS) is 11.3. The Morgan fingerprint density at radius 1 is 0.909 bits per heavy atom. The number of carbonyl (C=O) groups is 1. The summed E-state index contributed by atoms with van der Waals surface area (Å²) in [5.41, 5.74) is 5.02. The number of carbonyl (C=O) groups excluding carboxylic acids is 1. The second-order valence-corrected chi connectivity index (χ2v) is 8.50. The number of fused-ring (bicyclic) bond motifs is 1. The fraction of sp³-hybridized carbons (Fsp3) is 0.115. The summed E-state index contributed by atoms with van der Waals surface area (Å²) in [6, 6.07) is 24.3. The Labute approximate surface area is 195 Å². The first-order valence-corrected chi connectivity index (χ1v) is 11.0. The lowest BCUT2D eigenvalue weighted by molar-refractivity contribution is 0.0997. The van der Waals surface area contributed by atoms with E-state index in [1.807, 2.05) is 30.3 Å². The van der Waals surface area contributed by atoms with Gasteiger partial charge in [0, 0.05) is 16.3 Å². The molecular weight excluding hydrogens is 436 g/mol. The average Bonchev–Trinajstić information content (AvgIpc) is 3.47. The SMILES string of the molecule is CC(C)c1ccc(-n2nc3ccc(NC(=O)c4ccc(-c5ccc(Cl)cc5)o4)cc3n2)cc1. The van der Waals surface area contributed by atoms with E-state index in [4.69, 9.17) is 16.0 Å². The molecule has 0 aliphatic heterocycles. The van der Waals surface area contributed by atoms with E-state index in [1.54, 1.807) is 41.2 Å². The highest BCUT2D eigenvalue weighted by Crippen LogP contribution is 2.25. The number of amides is 1. The third-order valence-electron chi connectivity index (χ3n) is 5.39. The van der Waals surface area contributed by atoms with E-state index in [0.29, 0.717) is 27.9 Å². The molecule has 0 atom stereocenters. The largest absolute Gasteiger partial charge is 0.451 e. The molecule has 0 saturated heterocycles. The van der Waals surface area contributed by atoms with Crippen molar-refractivity contribution in [2.24, 2.45) is 0 Å².